The number of rotatable bonds is 2. The molecule has 0 amide bonds. The van der Waals surface area contributed by atoms with Gasteiger partial charge in [0.15, 0.2) is 0 Å². The maximum atomic E-state index is 12.8. The van der Waals surface area contributed by atoms with Gasteiger partial charge in [0.05, 0.1) is 0 Å². The van der Waals surface area contributed by atoms with E-state index in [1.807, 2.05) is 0 Å². The summed E-state index contributed by atoms with van der Waals surface area (Å²) in [4.78, 5) is 13.7. The van der Waals surface area contributed by atoms with Crippen molar-refractivity contribution in [1.29, 1.82) is 0 Å². The van der Waals surface area contributed by atoms with E-state index in [1.165, 1.54) is 18.3 Å². The monoisotopic (exact) mass is 213 g/mol. The molecular weight excluding hydrogens is 207 g/mol. The first kappa shape index (κ1) is 9.76. The number of hydrogen-bond acceptors (Lipinski definition) is 1. The van der Waals surface area contributed by atoms with Crippen molar-refractivity contribution in [1.82, 2.24) is 4.98 Å². The van der Waals surface area contributed by atoms with Gasteiger partial charge in [-0.1, -0.05) is 0 Å². The molecule has 1 aromatic heterocycles. The number of fused-ring (bicyclic) bond motifs is 1. The molecule has 1 aromatic carbocycles. The molecule has 0 aliphatic rings. The van der Waals surface area contributed by atoms with Crippen molar-refractivity contribution in [2.75, 3.05) is 0 Å². The minimum Gasteiger partial charge on any atom is -0.360 e. The molecule has 0 unspecified atom stereocenters. The van der Waals surface area contributed by atoms with E-state index in [2.05, 4.69) is 4.98 Å². The fourth-order valence-corrected chi connectivity index (χ4v) is 1.41. The van der Waals surface area contributed by atoms with Crippen LogP contribution >= 0.6 is 0 Å². The highest BCUT2D eigenvalue weighted by Crippen LogP contribution is 2.21. The van der Waals surface area contributed by atoms with E-state index >= 15 is 0 Å². The van der Waals surface area contributed by atoms with E-state index in [-0.39, 0.29) is 10.9 Å². The summed E-state index contributed by atoms with van der Waals surface area (Å²) in [6.07, 6.45) is -1.91. The van der Waals surface area contributed by atoms with Crippen molar-refractivity contribution < 1.29 is 18.0 Å². The van der Waals surface area contributed by atoms with Crippen LogP contribution in [0.1, 0.15) is 10.4 Å². The minimum absolute atomic E-state index is 0.181. The molecule has 78 valence electrons. The van der Waals surface area contributed by atoms with Crippen molar-refractivity contribution in [3.8, 4) is 0 Å². The summed E-state index contributed by atoms with van der Waals surface area (Å²) in [5, 5.41) is 0.181. The van der Waals surface area contributed by atoms with Gasteiger partial charge in [-0.05, 0) is 18.2 Å². The molecular formula is C10H6F3NO. The number of H-pyrrole nitrogens is 1. The van der Waals surface area contributed by atoms with Crippen LogP contribution in [-0.2, 0) is 0 Å². The first-order chi connectivity index (χ1) is 7.09. The van der Waals surface area contributed by atoms with Crippen molar-refractivity contribution in [2.45, 2.75) is 6.43 Å². The lowest BCUT2D eigenvalue weighted by Crippen LogP contribution is -2.09. The number of nitrogens with one attached hydrogen (secondary N) is 1. The predicted octanol–water partition coefficient (Wildman–Crippen LogP) is 2.75. The average molecular weight is 213 g/mol. The Bertz CT molecular complexity index is 518. The molecule has 2 aromatic rings. The molecule has 0 saturated heterocycles. The highest BCUT2D eigenvalue weighted by atomic mass is 19.3. The van der Waals surface area contributed by atoms with E-state index in [9.17, 15) is 18.0 Å². The van der Waals surface area contributed by atoms with Gasteiger partial charge >= 0.3 is 6.43 Å². The van der Waals surface area contributed by atoms with Crippen molar-refractivity contribution >= 4 is 16.7 Å². The third-order valence-electron chi connectivity index (χ3n) is 2.11. The molecule has 0 radical (unpaired) electrons. The van der Waals surface area contributed by atoms with Gasteiger partial charge in [-0.25, -0.2) is 13.2 Å². The molecule has 1 N–H and O–H groups in total. The van der Waals surface area contributed by atoms with Gasteiger partial charge in [-0.15, -0.1) is 0 Å². The van der Waals surface area contributed by atoms with Gasteiger partial charge in [0.25, 0.3) is 0 Å². The fraction of sp³-hybridized carbons (Fsp3) is 0.100. The zero-order valence-corrected chi connectivity index (χ0v) is 7.43. The van der Waals surface area contributed by atoms with Crippen LogP contribution in [0.4, 0.5) is 13.2 Å². The quantitative estimate of drug-likeness (QED) is 0.764. The molecule has 5 heteroatoms. The average Bonchev–Trinajstić information content (AvgIpc) is 2.59. The maximum Gasteiger partial charge on any atom is 0.300 e. The summed E-state index contributed by atoms with van der Waals surface area (Å²) >= 11 is 0. The number of ketones is 1. The van der Waals surface area contributed by atoms with Gasteiger partial charge in [0.1, 0.15) is 5.82 Å². The SMILES string of the molecule is O=C(c1c[nH]c2ccc(F)cc12)C(F)F. The lowest BCUT2D eigenvalue weighted by atomic mass is 10.1. The molecule has 2 rings (SSSR count). The van der Waals surface area contributed by atoms with E-state index in [4.69, 9.17) is 0 Å². The summed E-state index contributed by atoms with van der Waals surface area (Å²) in [6.45, 7) is 0. The van der Waals surface area contributed by atoms with Gasteiger partial charge in [0.2, 0.25) is 5.78 Å². The van der Waals surface area contributed by atoms with Crippen LogP contribution in [0.2, 0.25) is 0 Å². The lowest BCUT2D eigenvalue weighted by Gasteiger charge is -1.97. The second kappa shape index (κ2) is 3.42. The zero-order valence-electron chi connectivity index (χ0n) is 7.43. The van der Waals surface area contributed by atoms with E-state index in [1.54, 1.807) is 0 Å². The molecule has 15 heavy (non-hydrogen) atoms. The molecule has 0 bridgehead atoms. The van der Waals surface area contributed by atoms with Gasteiger partial charge < -0.3 is 4.98 Å². The number of carbonyl (C=O) groups is 1. The summed E-state index contributed by atoms with van der Waals surface area (Å²) in [5.74, 6) is -1.86. The smallest absolute Gasteiger partial charge is 0.300 e. The van der Waals surface area contributed by atoms with Crippen LogP contribution in [0.25, 0.3) is 10.9 Å². The van der Waals surface area contributed by atoms with E-state index in [0.29, 0.717) is 5.52 Å². The standard InChI is InChI=1S/C10H6F3NO/c11-5-1-2-8-6(3-5)7(4-14-8)9(15)10(12)13/h1-4,10,14H. The Labute approximate surface area is 82.7 Å². The third kappa shape index (κ3) is 1.60. The number of carbonyl (C=O) groups excluding carboxylic acids is 1. The Balaban J connectivity index is 2.62. The van der Waals surface area contributed by atoms with E-state index in [0.717, 1.165) is 6.07 Å². The van der Waals surface area contributed by atoms with E-state index < -0.39 is 18.0 Å². The topological polar surface area (TPSA) is 32.9 Å². The first-order valence-electron chi connectivity index (χ1n) is 4.18. The summed E-state index contributed by atoms with van der Waals surface area (Å²) in [5.41, 5.74) is 0.278. The Kier molecular flexibility index (Phi) is 2.22. The van der Waals surface area contributed by atoms with Gasteiger partial charge in [-0.3, -0.25) is 4.79 Å². The third-order valence-corrected chi connectivity index (χ3v) is 2.11. The number of aromatic amines is 1. The summed E-state index contributed by atoms with van der Waals surface area (Å²) in [6, 6.07) is 3.64. The van der Waals surface area contributed by atoms with Crippen LogP contribution in [0.3, 0.4) is 0 Å². The Morgan fingerprint density at radius 2 is 2.07 bits per heavy atom. The Morgan fingerprint density at radius 1 is 1.33 bits per heavy atom. The van der Waals surface area contributed by atoms with Gasteiger partial charge in [0, 0.05) is 22.7 Å². The molecule has 0 atom stereocenters. The Morgan fingerprint density at radius 3 is 2.73 bits per heavy atom. The largest absolute Gasteiger partial charge is 0.360 e. The number of aromatic nitrogens is 1. The predicted molar refractivity (Wildman–Crippen MR) is 48.6 cm³/mol. The minimum atomic E-state index is -3.08. The highest BCUT2D eigenvalue weighted by molar-refractivity contribution is 6.09. The lowest BCUT2D eigenvalue weighted by molar-refractivity contribution is 0.0680. The Hall–Kier alpha value is -1.78. The molecule has 2 nitrogen and oxygen atoms in total. The van der Waals surface area contributed by atoms with Crippen LogP contribution < -0.4 is 0 Å². The maximum absolute atomic E-state index is 12.8. The number of alkyl halides is 2. The second-order valence-corrected chi connectivity index (χ2v) is 3.06. The van der Waals surface area contributed by atoms with Crippen LogP contribution in [0.5, 0.6) is 0 Å². The van der Waals surface area contributed by atoms with Crippen molar-refractivity contribution in [3.63, 3.8) is 0 Å². The van der Waals surface area contributed by atoms with Crippen LogP contribution in [-0.4, -0.2) is 17.2 Å². The van der Waals surface area contributed by atoms with Crippen LogP contribution in [0.15, 0.2) is 24.4 Å². The molecule has 0 fully saturated rings. The zero-order chi connectivity index (χ0) is 11.0. The first-order valence-corrected chi connectivity index (χ1v) is 4.18. The van der Waals surface area contributed by atoms with Crippen molar-refractivity contribution in [3.05, 3.63) is 35.8 Å². The number of Topliss-reactive ketones (excluding diaryl/α,β-unsaturated/α-hetero) is 1. The highest BCUT2D eigenvalue weighted by Gasteiger charge is 2.21. The molecule has 1 heterocycles. The normalized spacial score (nSPS) is 11.2. The van der Waals surface area contributed by atoms with Gasteiger partial charge in [-0.2, -0.15) is 0 Å². The molecule has 0 aliphatic heterocycles. The number of benzene rings is 1. The molecule has 0 saturated carbocycles. The summed E-state index contributed by atoms with van der Waals surface area (Å²) < 4.78 is 37.2. The van der Waals surface area contributed by atoms with Crippen molar-refractivity contribution in [2.24, 2.45) is 0 Å². The van der Waals surface area contributed by atoms with Crippen LogP contribution in [0, 0.1) is 5.82 Å². The molecule has 0 spiro atoms. The number of halogens is 3. The summed E-state index contributed by atoms with van der Waals surface area (Å²) in [7, 11) is 0. The fourth-order valence-electron chi connectivity index (χ4n) is 1.41. The second-order valence-electron chi connectivity index (χ2n) is 3.06. The number of hydrogen-bond donors (Lipinski definition) is 1. The molecule has 0 aliphatic carbocycles.